The van der Waals surface area contributed by atoms with E-state index in [1.165, 1.54) is 0 Å². The molecule has 0 saturated carbocycles. The second kappa shape index (κ2) is 7.99. The van der Waals surface area contributed by atoms with Crippen LogP contribution in [0.15, 0.2) is 18.2 Å². The molecule has 0 N–H and O–H groups in total. The highest BCUT2D eigenvalue weighted by Crippen LogP contribution is 2.19. The van der Waals surface area contributed by atoms with E-state index in [-0.39, 0.29) is 11.8 Å². The summed E-state index contributed by atoms with van der Waals surface area (Å²) in [6.07, 6.45) is 1.20. The first-order valence-corrected chi connectivity index (χ1v) is 8.20. The third kappa shape index (κ3) is 4.98. The lowest BCUT2D eigenvalue weighted by atomic mass is 10.1. The number of carbonyl (C=O) groups excluding carboxylic acids is 2. The van der Waals surface area contributed by atoms with Gasteiger partial charge in [-0.3, -0.25) is 9.59 Å². The Bertz CT molecular complexity index is 571. The molecule has 5 heteroatoms. The summed E-state index contributed by atoms with van der Waals surface area (Å²) in [7, 11) is 0. The molecule has 0 aliphatic carbocycles. The van der Waals surface area contributed by atoms with E-state index in [2.05, 4.69) is 0 Å². The van der Waals surface area contributed by atoms with Crippen molar-refractivity contribution < 1.29 is 14.3 Å². The Morgan fingerprint density at radius 3 is 2.52 bits per heavy atom. The molecule has 2 amide bonds. The number of aryl methyl sites for hydroxylation is 2. The minimum absolute atomic E-state index is 0.0811. The summed E-state index contributed by atoms with van der Waals surface area (Å²) in [5.74, 6) is 1.02. The lowest BCUT2D eigenvalue weighted by Crippen LogP contribution is -2.37. The fourth-order valence-electron chi connectivity index (χ4n) is 2.75. The van der Waals surface area contributed by atoms with Crippen LogP contribution in [0.1, 0.15) is 30.9 Å². The number of rotatable bonds is 4. The van der Waals surface area contributed by atoms with Gasteiger partial charge in [-0.05, 0) is 37.5 Å². The molecule has 2 rings (SSSR count). The number of hydrogen-bond donors (Lipinski definition) is 0. The Kier molecular flexibility index (Phi) is 6.02. The van der Waals surface area contributed by atoms with Crippen molar-refractivity contribution in [2.45, 2.75) is 33.6 Å². The van der Waals surface area contributed by atoms with Gasteiger partial charge in [-0.1, -0.05) is 12.1 Å². The highest BCUT2D eigenvalue weighted by molar-refractivity contribution is 5.77. The Balaban J connectivity index is 1.80. The molecule has 1 saturated heterocycles. The zero-order chi connectivity index (χ0) is 16.8. The number of nitrogens with zero attached hydrogens (tertiary/aromatic N) is 2. The van der Waals surface area contributed by atoms with Gasteiger partial charge >= 0.3 is 0 Å². The number of amides is 2. The number of hydrogen-bond acceptors (Lipinski definition) is 3. The summed E-state index contributed by atoms with van der Waals surface area (Å²) < 4.78 is 5.76. The molecule has 1 aromatic carbocycles. The number of ether oxygens (including phenoxy) is 1. The van der Waals surface area contributed by atoms with E-state index in [9.17, 15) is 9.59 Å². The van der Waals surface area contributed by atoms with E-state index in [4.69, 9.17) is 4.74 Å². The molecular weight excluding hydrogens is 292 g/mol. The van der Waals surface area contributed by atoms with Gasteiger partial charge in [0, 0.05) is 33.1 Å². The van der Waals surface area contributed by atoms with Crippen LogP contribution >= 0.6 is 0 Å². The summed E-state index contributed by atoms with van der Waals surface area (Å²) >= 11 is 0. The van der Waals surface area contributed by atoms with Crippen molar-refractivity contribution in [2.75, 3.05) is 32.8 Å². The maximum atomic E-state index is 12.3. The molecule has 0 atom stereocenters. The lowest BCUT2D eigenvalue weighted by Gasteiger charge is -2.21. The van der Waals surface area contributed by atoms with Crippen molar-refractivity contribution >= 4 is 11.8 Å². The summed E-state index contributed by atoms with van der Waals surface area (Å²) in [5, 5.41) is 0. The molecule has 1 aliphatic heterocycles. The average molecular weight is 318 g/mol. The third-order valence-electron chi connectivity index (χ3n) is 4.21. The molecule has 0 radical (unpaired) electrons. The Labute approximate surface area is 138 Å². The first-order valence-electron chi connectivity index (χ1n) is 8.20. The molecule has 1 aliphatic rings. The molecular formula is C18H26N2O3. The van der Waals surface area contributed by atoms with Crippen LogP contribution < -0.4 is 4.74 Å². The smallest absolute Gasteiger partial charge is 0.226 e. The standard InChI is InChI=1S/C18H26N2O3/c1-14-5-6-15(2)17(13-14)23-12-7-18(22)20-9-4-8-19(10-11-20)16(3)21/h5-6,13H,4,7-12H2,1-3H3. The molecule has 126 valence electrons. The molecule has 23 heavy (non-hydrogen) atoms. The first-order chi connectivity index (χ1) is 11.0. The highest BCUT2D eigenvalue weighted by atomic mass is 16.5. The van der Waals surface area contributed by atoms with E-state index in [1.807, 2.05) is 36.9 Å². The van der Waals surface area contributed by atoms with E-state index in [0.717, 1.165) is 29.8 Å². The van der Waals surface area contributed by atoms with Gasteiger partial charge in [0.15, 0.2) is 0 Å². The van der Waals surface area contributed by atoms with E-state index in [1.54, 1.807) is 11.8 Å². The number of carbonyl (C=O) groups is 2. The van der Waals surface area contributed by atoms with Crippen LogP contribution in [0, 0.1) is 13.8 Å². The monoisotopic (exact) mass is 318 g/mol. The Morgan fingerprint density at radius 1 is 1.09 bits per heavy atom. The molecule has 0 unspecified atom stereocenters. The lowest BCUT2D eigenvalue weighted by molar-refractivity contribution is -0.133. The quantitative estimate of drug-likeness (QED) is 0.855. The van der Waals surface area contributed by atoms with Crippen molar-refractivity contribution in [3.8, 4) is 5.75 Å². The molecule has 1 fully saturated rings. The van der Waals surface area contributed by atoms with Gasteiger partial charge < -0.3 is 14.5 Å². The second-order valence-electron chi connectivity index (χ2n) is 6.11. The zero-order valence-corrected chi connectivity index (χ0v) is 14.3. The van der Waals surface area contributed by atoms with Crippen molar-refractivity contribution in [3.63, 3.8) is 0 Å². The minimum Gasteiger partial charge on any atom is -0.493 e. The van der Waals surface area contributed by atoms with Gasteiger partial charge in [0.2, 0.25) is 11.8 Å². The molecule has 0 spiro atoms. The second-order valence-corrected chi connectivity index (χ2v) is 6.11. The van der Waals surface area contributed by atoms with Crippen molar-refractivity contribution in [1.29, 1.82) is 0 Å². The fourth-order valence-corrected chi connectivity index (χ4v) is 2.75. The molecule has 0 bridgehead atoms. The van der Waals surface area contributed by atoms with Crippen LogP contribution in [-0.2, 0) is 9.59 Å². The number of benzene rings is 1. The van der Waals surface area contributed by atoms with Crippen LogP contribution in [0.25, 0.3) is 0 Å². The van der Waals surface area contributed by atoms with Gasteiger partial charge in [-0.2, -0.15) is 0 Å². The van der Waals surface area contributed by atoms with E-state index < -0.39 is 0 Å². The fraction of sp³-hybridized carbons (Fsp3) is 0.556. The summed E-state index contributed by atoms with van der Waals surface area (Å²) in [6.45, 7) is 8.67. The van der Waals surface area contributed by atoms with Crippen molar-refractivity contribution in [3.05, 3.63) is 29.3 Å². The Hall–Kier alpha value is -2.04. The van der Waals surface area contributed by atoms with Gasteiger partial charge in [0.05, 0.1) is 13.0 Å². The molecule has 0 aromatic heterocycles. The topological polar surface area (TPSA) is 49.9 Å². The summed E-state index contributed by atoms with van der Waals surface area (Å²) in [6, 6.07) is 6.07. The van der Waals surface area contributed by atoms with E-state index in [0.29, 0.717) is 32.7 Å². The summed E-state index contributed by atoms with van der Waals surface area (Å²) in [5.41, 5.74) is 2.23. The maximum absolute atomic E-state index is 12.3. The van der Waals surface area contributed by atoms with Crippen LogP contribution in [-0.4, -0.2) is 54.4 Å². The van der Waals surface area contributed by atoms with Gasteiger partial charge in [0.25, 0.3) is 0 Å². The van der Waals surface area contributed by atoms with Gasteiger partial charge in [-0.25, -0.2) is 0 Å². The van der Waals surface area contributed by atoms with Crippen LogP contribution in [0.3, 0.4) is 0 Å². The minimum atomic E-state index is 0.0811. The van der Waals surface area contributed by atoms with Crippen LogP contribution in [0.4, 0.5) is 0 Å². The molecule has 1 aromatic rings. The van der Waals surface area contributed by atoms with Crippen LogP contribution in [0.2, 0.25) is 0 Å². The maximum Gasteiger partial charge on any atom is 0.226 e. The first kappa shape index (κ1) is 17.3. The predicted octanol–water partition coefficient (Wildman–Crippen LogP) is 2.15. The third-order valence-corrected chi connectivity index (χ3v) is 4.21. The van der Waals surface area contributed by atoms with E-state index >= 15 is 0 Å². The van der Waals surface area contributed by atoms with Gasteiger partial charge in [-0.15, -0.1) is 0 Å². The summed E-state index contributed by atoms with van der Waals surface area (Å²) in [4.78, 5) is 27.4. The van der Waals surface area contributed by atoms with Gasteiger partial charge in [0.1, 0.15) is 5.75 Å². The zero-order valence-electron chi connectivity index (χ0n) is 14.3. The molecule has 5 nitrogen and oxygen atoms in total. The van der Waals surface area contributed by atoms with Crippen molar-refractivity contribution in [1.82, 2.24) is 9.80 Å². The Morgan fingerprint density at radius 2 is 1.78 bits per heavy atom. The SMILES string of the molecule is CC(=O)N1CCCN(C(=O)CCOc2cc(C)ccc2C)CC1. The van der Waals surface area contributed by atoms with Crippen LogP contribution in [0.5, 0.6) is 5.75 Å². The highest BCUT2D eigenvalue weighted by Gasteiger charge is 2.20. The average Bonchev–Trinajstić information content (AvgIpc) is 2.76. The predicted molar refractivity (Wildman–Crippen MR) is 89.5 cm³/mol. The largest absolute Gasteiger partial charge is 0.493 e. The normalized spacial score (nSPS) is 15.3. The molecule has 1 heterocycles. The van der Waals surface area contributed by atoms with Crippen molar-refractivity contribution in [2.24, 2.45) is 0 Å².